The molecule has 0 saturated heterocycles. The van der Waals surface area contributed by atoms with E-state index in [4.69, 9.17) is 4.42 Å². The first kappa shape index (κ1) is 13.2. The normalized spacial score (nSPS) is 15.2. The zero-order chi connectivity index (χ0) is 14.0. The van der Waals surface area contributed by atoms with Gasteiger partial charge in [0.2, 0.25) is 5.09 Å². The third-order valence-electron chi connectivity index (χ3n) is 3.07. The van der Waals surface area contributed by atoms with Crippen LogP contribution in [0.4, 0.5) is 5.69 Å². The van der Waals surface area contributed by atoms with Crippen molar-refractivity contribution in [2.75, 3.05) is 4.72 Å². The summed E-state index contributed by atoms with van der Waals surface area (Å²) in [6.45, 7) is 0.561. The molecule has 2 aromatic rings. The van der Waals surface area contributed by atoms with Crippen LogP contribution in [0.1, 0.15) is 18.6 Å². The van der Waals surface area contributed by atoms with E-state index in [9.17, 15) is 8.42 Å². The van der Waals surface area contributed by atoms with Crippen molar-refractivity contribution in [2.45, 2.75) is 30.5 Å². The zero-order valence-corrected chi connectivity index (χ0v) is 11.7. The Morgan fingerprint density at radius 2 is 1.85 bits per heavy atom. The molecule has 2 N–H and O–H groups in total. The van der Waals surface area contributed by atoms with Crippen LogP contribution in [-0.4, -0.2) is 14.5 Å². The first-order valence-corrected chi connectivity index (χ1v) is 8.02. The first-order valence-electron chi connectivity index (χ1n) is 6.53. The summed E-state index contributed by atoms with van der Waals surface area (Å²) in [7, 11) is -3.66. The van der Waals surface area contributed by atoms with Crippen molar-refractivity contribution in [3.05, 3.63) is 48.2 Å². The third kappa shape index (κ3) is 3.20. The van der Waals surface area contributed by atoms with Crippen LogP contribution in [0.3, 0.4) is 0 Å². The summed E-state index contributed by atoms with van der Waals surface area (Å²) in [6.07, 6.45) is 2.36. The summed E-state index contributed by atoms with van der Waals surface area (Å²) in [6, 6.07) is 12.5. The number of hydrogen-bond donors (Lipinski definition) is 2. The topological polar surface area (TPSA) is 71.3 Å². The van der Waals surface area contributed by atoms with E-state index in [0.717, 1.165) is 0 Å². The Balaban J connectivity index is 1.70. The van der Waals surface area contributed by atoms with E-state index in [0.29, 0.717) is 24.0 Å². The number of sulfonamides is 1. The Kier molecular flexibility index (Phi) is 3.50. The number of hydrogen-bond acceptors (Lipinski definition) is 4. The quantitative estimate of drug-likeness (QED) is 0.857. The van der Waals surface area contributed by atoms with Crippen molar-refractivity contribution in [3.63, 3.8) is 0 Å². The maximum absolute atomic E-state index is 12.1. The van der Waals surface area contributed by atoms with Crippen molar-refractivity contribution in [3.8, 4) is 0 Å². The van der Waals surface area contributed by atoms with E-state index < -0.39 is 10.0 Å². The number of furan rings is 1. The number of rotatable bonds is 6. The first-order chi connectivity index (χ1) is 9.63. The number of nitrogens with one attached hydrogen (secondary N) is 2. The molecule has 1 heterocycles. The maximum Gasteiger partial charge on any atom is 0.295 e. The fourth-order valence-electron chi connectivity index (χ4n) is 1.84. The molecule has 1 aliphatic rings. The van der Waals surface area contributed by atoms with Crippen molar-refractivity contribution in [1.29, 1.82) is 0 Å². The SMILES string of the molecule is O=S(=O)(Nc1ccccc1)c1ccc(CNC2CC2)o1. The van der Waals surface area contributed by atoms with E-state index in [1.54, 1.807) is 30.3 Å². The van der Waals surface area contributed by atoms with Gasteiger partial charge in [0.15, 0.2) is 0 Å². The molecule has 1 aromatic heterocycles. The molecule has 106 valence electrons. The highest BCUT2D eigenvalue weighted by molar-refractivity contribution is 7.92. The van der Waals surface area contributed by atoms with E-state index >= 15 is 0 Å². The monoisotopic (exact) mass is 292 g/mol. The highest BCUT2D eigenvalue weighted by Crippen LogP contribution is 2.21. The van der Waals surface area contributed by atoms with Gasteiger partial charge in [-0.05, 0) is 37.1 Å². The van der Waals surface area contributed by atoms with Crippen LogP contribution < -0.4 is 10.0 Å². The van der Waals surface area contributed by atoms with Gasteiger partial charge in [0, 0.05) is 11.7 Å². The van der Waals surface area contributed by atoms with Gasteiger partial charge in [0.05, 0.1) is 6.54 Å². The Labute approximate surface area is 118 Å². The average molecular weight is 292 g/mol. The minimum Gasteiger partial charge on any atom is -0.446 e. The second-order valence-electron chi connectivity index (χ2n) is 4.85. The van der Waals surface area contributed by atoms with Gasteiger partial charge in [0.25, 0.3) is 10.0 Å². The summed E-state index contributed by atoms with van der Waals surface area (Å²) in [4.78, 5) is 0. The molecule has 0 unspecified atom stereocenters. The lowest BCUT2D eigenvalue weighted by Gasteiger charge is -2.05. The second-order valence-corrected chi connectivity index (χ2v) is 6.46. The predicted octanol–water partition coefficient (Wildman–Crippen LogP) is 2.33. The summed E-state index contributed by atoms with van der Waals surface area (Å²) in [5, 5.41) is 3.22. The molecule has 1 fully saturated rings. The van der Waals surface area contributed by atoms with Gasteiger partial charge in [-0.25, -0.2) is 0 Å². The molecule has 0 radical (unpaired) electrons. The molecule has 0 amide bonds. The molecule has 1 aliphatic carbocycles. The smallest absolute Gasteiger partial charge is 0.295 e. The Hall–Kier alpha value is -1.79. The second kappa shape index (κ2) is 5.30. The van der Waals surface area contributed by atoms with Gasteiger partial charge < -0.3 is 9.73 Å². The van der Waals surface area contributed by atoms with E-state index in [1.165, 1.54) is 18.9 Å². The van der Waals surface area contributed by atoms with Crippen LogP contribution in [-0.2, 0) is 16.6 Å². The molecule has 0 aliphatic heterocycles. The van der Waals surface area contributed by atoms with Crippen molar-refractivity contribution in [2.24, 2.45) is 0 Å². The van der Waals surface area contributed by atoms with Crippen molar-refractivity contribution < 1.29 is 12.8 Å². The van der Waals surface area contributed by atoms with Gasteiger partial charge in [-0.15, -0.1) is 0 Å². The molecular formula is C14H16N2O3S. The Morgan fingerprint density at radius 1 is 1.10 bits per heavy atom. The van der Waals surface area contributed by atoms with Crippen molar-refractivity contribution >= 4 is 15.7 Å². The summed E-state index contributed by atoms with van der Waals surface area (Å²) < 4.78 is 32.1. The minimum absolute atomic E-state index is 0.0612. The largest absolute Gasteiger partial charge is 0.446 e. The van der Waals surface area contributed by atoms with Crippen LogP contribution >= 0.6 is 0 Å². The van der Waals surface area contributed by atoms with E-state index in [2.05, 4.69) is 10.0 Å². The molecule has 3 rings (SSSR count). The van der Waals surface area contributed by atoms with Crippen LogP contribution in [0.25, 0.3) is 0 Å². The van der Waals surface area contributed by atoms with Crippen LogP contribution in [0, 0.1) is 0 Å². The summed E-state index contributed by atoms with van der Waals surface area (Å²) >= 11 is 0. The van der Waals surface area contributed by atoms with Gasteiger partial charge in [0.1, 0.15) is 5.76 Å². The molecule has 6 heteroatoms. The highest BCUT2D eigenvalue weighted by atomic mass is 32.2. The molecule has 1 aromatic carbocycles. The Morgan fingerprint density at radius 3 is 2.55 bits per heavy atom. The van der Waals surface area contributed by atoms with E-state index in [1.807, 2.05) is 6.07 Å². The number of anilines is 1. The van der Waals surface area contributed by atoms with Gasteiger partial charge in [-0.3, -0.25) is 4.72 Å². The molecular weight excluding hydrogens is 276 g/mol. The molecule has 0 bridgehead atoms. The third-order valence-corrected chi connectivity index (χ3v) is 4.32. The summed E-state index contributed by atoms with van der Waals surface area (Å²) in [5.74, 6) is 0.630. The summed E-state index contributed by atoms with van der Waals surface area (Å²) in [5.41, 5.74) is 0.515. The molecule has 1 saturated carbocycles. The van der Waals surface area contributed by atoms with Crippen LogP contribution in [0.15, 0.2) is 52.0 Å². The Bertz CT molecular complexity index is 675. The van der Waals surface area contributed by atoms with Gasteiger partial charge >= 0.3 is 0 Å². The lowest BCUT2D eigenvalue weighted by molar-refractivity contribution is 0.403. The van der Waals surface area contributed by atoms with Gasteiger partial charge in [-0.2, -0.15) is 8.42 Å². The average Bonchev–Trinajstić information content (AvgIpc) is 3.13. The lowest BCUT2D eigenvalue weighted by Crippen LogP contribution is -2.15. The van der Waals surface area contributed by atoms with Crippen LogP contribution in [0.2, 0.25) is 0 Å². The van der Waals surface area contributed by atoms with E-state index in [-0.39, 0.29) is 5.09 Å². The number of para-hydroxylation sites is 1. The molecule has 0 atom stereocenters. The molecule has 0 spiro atoms. The van der Waals surface area contributed by atoms with Crippen LogP contribution in [0.5, 0.6) is 0 Å². The standard InChI is InChI=1S/C14H16N2O3S/c17-20(18,16-12-4-2-1-3-5-12)14-9-8-13(19-14)10-15-11-6-7-11/h1-5,8-9,11,15-16H,6-7,10H2. The molecule has 5 nitrogen and oxygen atoms in total. The van der Waals surface area contributed by atoms with Crippen molar-refractivity contribution in [1.82, 2.24) is 5.32 Å². The zero-order valence-electron chi connectivity index (χ0n) is 10.9. The number of benzene rings is 1. The fourth-order valence-corrected chi connectivity index (χ4v) is 2.85. The maximum atomic E-state index is 12.1. The minimum atomic E-state index is -3.66. The van der Waals surface area contributed by atoms with Gasteiger partial charge in [-0.1, -0.05) is 18.2 Å². The fraction of sp³-hybridized carbons (Fsp3) is 0.286. The highest BCUT2D eigenvalue weighted by Gasteiger charge is 2.22. The molecule has 20 heavy (non-hydrogen) atoms. The lowest BCUT2D eigenvalue weighted by atomic mass is 10.3. The predicted molar refractivity (Wildman–Crippen MR) is 75.8 cm³/mol.